The Bertz CT molecular complexity index is 392. The van der Waals surface area contributed by atoms with Crippen molar-refractivity contribution in [3.05, 3.63) is 54.0 Å². The molecule has 0 amide bonds. The predicted molar refractivity (Wildman–Crippen MR) is 56.0 cm³/mol. The van der Waals surface area contributed by atoms with Crippen LogP contribution in [-0.4, -0.2) is 0 Å². The zero-order chi connectivity index (χ0) is 9.80. The number of benzene rings is 1. The molecule has 1 aromatic carbocycles. The van der Waals surface area contributed by atoms with Gasteiger partial charge in [-0.25, -0.2) is 0 Å². The number of hydrogen-bond acceptors (Lipinski definition) is 2. The molecule has 71 valence electrons. The monoisotopic (exact) mass is 186 g/mol. The van der Waals surface area contributed by atoms with E-state index < -0.39 is 0 Å². The number of para-hydroxylation sites is 1. The first kappa shape index (κ1) is 8.88. The van der Waals surface area contributed by atoms with Crippen LogP contribution >= 0.6 is 0 Å². The van der Waals surface area contributed by atoms with Crippen LogP contribution in [0.1, 0.15) is 11.3 Å². The molecule has 2 rings (SSSR count). The lowest BCUT2D eigenvalue weighted by atomic mass is 10.2. The fourth-order valence-electron chi connectivity index (χ4n) is 1.30. The Morgan fingerprint density at radius 1 is 1.36 bits per heavy atom. The highest BCUT2D eigenvalue weighted by Crippen LogP contribution is 2.13. The lowest BCUT2D eigenvalue weighted by Crippen LogP contribution is -1.99. The van der Waals surface area contributed by atoms with E-state index in [0.29, 0.717) is 6.54 Å². The highest BCUT2D eigenvalue weighted by molar-refractivity contribution is 5.49. The molecule has 1 aromatic heterocycles. The van der Waals surface area contributed by atoms with E-state index in [1.807, 2.05) is 24.3 Å². The van der Waals surface area contributed by atoms with Crippen LogP contribution in [0.15, 0.2) is 41.0 Å². The van der Waals surface area contributed by atoms with E-state index >= 15 is 0 Å². The maximum absolute atomic E-state index is 5.22. The number of aryl methyl sites for hydroxylation is 1. The van der Waals surface area contributed by atoms with Gasteiger partial charge in [0.1, 0.15) is 5.76 Å². The van der Waals surface area contributed by atoms with Gasteiger partial charge in [-0.1, -0.05) is 18.2 Å². The molecule has 1 heterocycles. The Balaban J connectivity index is 2.02. The summed E-state index contributed by atoms with van der Waals surface area (Å²) in [5, 5.41) is 3.27. The fourth-order valence-corrected chi connectivity index (χ4v) is 1.30. The van der Waals surface area contributed by atoms with Crippen molar-refractivity contribution in [1.29, 1.82) is 0 Å². The van der Waals surface area contributed by atoms with Crippen molar-refractivity contribution >= 4 is 5.69 Å². The summed E-state index contributed by atoms with van der Waals surface area (Å²) in [4.78, 5) is 0. The summed E-state index contributed by atoms with van der Waals surface area (Å²) >= 11 is 0. The Labute approximate surface area is 83.6 Å². The van der Waals surface area contributed by atoms with Gasteiger partial charge in [-0.05, 0) is 24.6 Å². The number of nitrogens with one attached hydrogen (secondary N) is 1. The third kappa shape index (κ3) is 1.96. The van der Waals surface area contributed by atoms with E-state index in [1.54, 1.807) is 6.26 Å². The minimum absolute atomic E-state index is 0.703. The first-order chi connectivity index (χ1) is 6.86. The van der Waals surface area contributed by atoms with Crippen LogP contribution in [0.3, 0.4) is 0 Å². The Morgan fingerprint density at radius 3 is 3.00 bits per heavy atom. The van der Waals surface area contributed by atoms with Gasteiger partial charge in [0, 0.05) is 11.8 Å². The zero-order valence-corrected chi connectivity index (χ0v) is 8.08. The predicted octanol–water partition coefficient (Wildman–Crippen LogP) is 3.00. The van der Waals surface area contributed by atoms with E-state index in [-0.39, 0.29) is 0 Å². The zero-order valence-electron chi connectivity index (χ0n) is 8.08. The average molecular weight is 186 g/mol. The molecule has 0 bridgehead atoms. The molecule has 0 aliphatic carbocycles. The molecule has 0 spiro atoms. The standard InChI is InChI=1S/C12H12NO/c1-10-5-2-3-7-12(10)13-9-11-6-4-8-14-11/h2-6,8,13H,9H2,1H3. The molecule has 1 radical (unpaired) electrons. The summed E-state index contributed by atoms with van der Waals surface area (Å²) in [5.74, 6) is 0.932. The second-order valence-corrected chi connectivity index (χ2v) is 3.16. The smallest absolute Gasteiger partial charge is 0.122 e. The maximum atomic E-state index is 5.22. The molecule has 14 heavy (non-hydrogen) atoms. The normalized spacial score (nSPS) is 10.1. The van der Waals surface area contributed by atoms with E-state index in [1.165, 1.54) is 5.56 Å². The second-order valence-electron chi connectivity index (χ2n) is 3.16. The van der Waals surface area contributed by atoms with Gasteiger partial charge in [0.2, 0.25) is 0 Å². The SMILES string of the molecule is Cc1ccc[c]c1NCc1ccco1. The van der Waals surface area contributed by atoms with Gasteiger partial charge in [0.15, 0.2) is 0 Å². The summed E-state index contributed by atoms with van der Waals surface area (Å²) in [6, 6.07) is 12.9. The summed E-state index contributed by atoms with van der Waals surface area (Å²) in [6.07, 6.45) is 1.68. The third-order valence-electron chi connectivity index (χ3n) is 2.08. The van der Waals surface area contributed by atoms with E-state index in [9.17, 15) is 0 Å². The number of rotatable bonds is 3. The highest BCUT2D eigenvalue weighted by atomic mass is 16.3. The highest BCUT2D eigenvalue weighted by Gasteiger charge is 1.98. The van der Waals surface area contributed by atoms with Crippen molar-refractivity contribution in [1.82, 2.24) is 0 Å². The Morgan fingerprint density at radius 2 is 2.29 bits per heavy atom. The van der Waals surface area contributed by atoms with E-state index in [4.69, 9.17) is 4.42 Å². The second kappa shape index (κ2) is 4.01. The quantitative estimate of drug-likeness (QED) is 0.797. The van der Waals surface area contributed by atoms with Crippen molar-refractivity contribution in [3.8, 4) is 0 Å². The van der Waals surface area contributed by atoms with Gasteiger partial charge in [0.25, 0.3) is 0 Å². The van der Waals surface area contributed by atoms with Gasteiger partial charge in [-0.2, -0.15) is 0 Å². The molecular weight excluding hydrogens is 174 g/mol. The third-order valence-corrected chi connectivity index (χ3v) is 2.08. The molecular formula is C12H12NO. The molecule has 2 nitrogen and oxygen atoms in total. The van der Waals surface area contributed by atoms with Crippen molar-refractivity contribution in [2.45, 2.75) is 13.5 Å². The van der Waals surface area contributed by atoms with Gasteiger partial charge >= 0.3 is 0 Å². The van der Waals surface area contributed by atoms with Crippen molar-refractivity contribution in [2.24, 2.45) is 0 Å². The molecule has 1 N–H and O–H groups in total. The average Bonchev–Trinajstić information content (AvgIpc) is 2.69. The van der Waals surface area contributed by atoms with Crippen molar-refractivity contribution in [2.75, 3.05) is 5.32 Å². The number of furan rings is 1. The maximum Gasteiger partial charge on any atom is 0.122 e. The summed E-state index contributed by atoms with van der Waals surface area (Å²) in [5.41, 5.74) is 2.22. The first-order valence-electron chi connectivity index (χ1n) is 4.60. The molecule has 0 fully saturated rings. The van der Waals surface area contributed by atoms with Gasteiger partial charge in [-0.15, -0.1) is 0 Å². The van der Waals surface area contributed by atoms with Gasteiger partial charge in [-0.3, -0.25) is 0 Å². The molecule has 0 aliphatic rings. The van der Waals surface area contributed by atoms with Crippen molar-refractivity contribution < 1.29 is 4.42 Å². The van der Waals surface area contributed by atoms with Crippen LogP contribution in [0.5, 0.6) is 0 Å². The van der Waals surface area contributed by atoms with Crippen LogP contribution in [-0.2, 0) is 6.54 Å². The molecule has 0 aliphatic heterocycles. The largest absolute Gasteiger partial charge is 0.467 e. The van der Waals surface area contributed by atoms with Crippen LogP contribution in [0.2, 0.25) is 0 Å². The molecule has 0 unspecified atom stereocenters. The van der Waals surface area contributed by atoms with Crippen LogP contribution in [0, 0.1) is 13.0 Å². The molecule has 2 aromatic rings. The van der Waals surface area contributed by atoms with Crippen LogP contribution < -0.4 is 5.32 Å². The lowest BCUT2D eigenvalue weighted by Gasteiger charge is -2.06. The topological polar surface area (TPSA) is 25.2 Å². The minimum atomic E-state index is 0.703. The summed E-state index contributed by atoms with van der Waals surface area (Å²) in [7, 11) is 0. The van der Waals surface area contributed by atoms with Gasteiger partial charge < -0.3 is 9.73 Å². The molecule has 0 saturated carbocycles. The van der Waals surface area contributed by atoms with Crippen LogP contribution in [0.25, 0.3) is 0 Å². The van der Waals surface area contributed by atoms with E-state index in [0.717, 1.165) is 11.4 Å². The first-order valence-corrected chi connectivity index (χ1v) is 4.60. The Hall–Kier alpha value is -1.70. The summed E-state index contributed by atoms with van der Waals surface area (Å²) < 4.78 is 5.22. The van der Waals surface area contributed by atoms with Gasteiger partial charge in [0.05, 0.1) is 12.8 Å². The fraction of sp³-hybridized carbons (Fsp3) is 0.167. The van der Waals surface area contributed by atoms with Crippen LogP contribution in [0.4, 0.5) is 5.69 Å². The molecule has 0 saturated heterocycles. The summed E-state index contributed by atoms with van der Waals surface area (Å²) in [6.45, 7) is 2.76. The lowest BCUT2D eigenvalue weighted by molar-refractivity contribution is 0.518. The Kier molecular flexibility index (Phi) is 2.54. The molecule has 0 atom stereocenters. The number of anilines is 1. The van der Waals surface area contributed by atoms with Crippen molar-refractivity contribution in [3.63, 3.8) is 0 Å². The minimum Gasteiger partial charge on any atom is -0.467 e. The molecule has 2 heteroatoms. The number of hydrogen-bond donors (Lipinski definition) is 1. The van der Waals surface area contributed by atoms with E-state index in [2.05, 4.69) is 24.4 Å².